The van der Waals surface area contributed by atoms with Crippen molar-refractivity contribution in [1.29, 1.82) is 5.26 Å². The predicted octanol–water partition coefficient (Wildman–Crippen LogP) is 3.34. The van der Waals surface area contributed by atoms with E-state index in [1.807, 2.05) is 0 Å². The fourth-order valence-corrected chi connectivity index (χ4v) is 1.70. The number of nitrogens with one attached hydrogen (secondary N) is 1. The van der Waals surface area contributed by atoms with E-state index in [-0.39, 0.29) is 0 Å². The highest BCUT2D eigenvalue weighted by Gasteiger charge is 2.03. The smallest absolute Gasteiger partial charge is 0.0621 e. The number of hydrogen-bond acceptors (Lipinski definition) is 2. The summed E-state index contributed by atoms with van der Waals surface area (Å²) in [5, 5.41) is 11.9. The Balaban J connectivity index is 2.30. The first kappa shape index (κ1) is 12.7. The monoisotopic (exact) mass is 216 g/mol. The third-order valence-electron chi connectivity index (χ3n) is 2.71. The average molecular weight is 216 g/mol. The molecular weight excluding hydrogens is 196 g/mol. The molecule has 0 aliphatic carbocycles. The largest absolute Gasteiger partial charge is 0.310 e. The van der Waals surface area contributed by atoms with Crippen LogP contribution in [-0.4, -0.2) is 6.54 Å². The van der Waals surface area contributed by atoms with E-state index in [1.165, 1.54) is 11.1 Å². The van der Waals surface area contributed by atoms with Crippen LogP contribution < -0.4 is 5.32 Å². The molecule has 0 saturated heterocycles. The summed E-state index contributed by atoms with van der Waals surface area (Å²) in [6.07, 6.45) is 2.73. The van der Waals surface area contributed by atoms with Crippen LogP contribution in [0.2, 0.25) is 0 Å². The lowest BCUT2D eigenvalue weighted by molar-refractivity contribution is 0.549. The van der Waals surface area contributed by atoms with Gasteiger partial charge in [-0.15, -0.1) is 0 Å². The van der Waals surface area contributed by atoms with E-state index >= 15 is 0 Å². The van der Waals surface area contributed by atoms with E-state index in [4.69, 9.17) is 5.26 Å². The summed E-state index contributed by atoms with van der Waals surface area (Å²) in [6.45, 7) is 5.28. The van der Waals surface area contributed by atoms with Crippen molar-refractivity contribution in [2.45, 2.75) is 39.2 Å². The van der Waals surface area contributed by atoms with Gasteiger partial charge >= 0.3 is 0 Å². The van der Waals surface area contributed by atoms with E-state index < -0.39 is 0 Å². The van der Waals surface area contributed by atoms with Gasteiger partial charge in [-0.3, -0.25) is 0 Å². The van der Waals surface area contributed by atoms with Crippen molar-refractivity contribution in [3.63, 3.8) is 0 Å². The maximum atomic E-state index is 8.41. The maximum Gasteiger partial charge on any atom is 0.0621 e. The minimum atomic E-state index is 0.391. The molecule has 16 heavy (non-hydrogen) atoms. The first-order valence-corrected chi connectivity index (χ1v) is 5.91. The molecule has 0 aliphatic heterocycles. The minimum absolute atomic E-state index is 0.391. The van der Waals surface area contributed by atoms with Crippen molar-refractivity contribution >= 4 is 0 Å². The summed E-state index contributed by atoms with van der Waals surface area (Å²) in [4.78, 5) is 0. The van der Waals surface area contributed by atoms with Crippen LogP contribution >= 0.6 is 0 Å². The second-order valence-corrected chi connectivity index (χ2v) is 4.21. The highest BCUT2D eigenvalue weighted by molar-refractivity contribution is 5.24. The van der Waals surface area contributed by atoms with Crippen LogP contribution in [0.15, 0.2) is 24.3 Å². The number of aryl methyl sites for hydroxylation is 1. The van der Waals surface area contributed by atoms with Gasteiger partial charge in [0.05, 0.1) is 6.07 Å². The van der Waals surface area contributed by atoms with E-state index in [2.05, 4.69) is 49.5 Å². The second-order valence-electron chi connectivity index (χ2n) is 4.21. The molecule has 0 heterocycles. The lowest BCUT2D eigenvalue weighted by atomic mass is 10.1. The molecule has 86 valence electrons. The van der Waals surface area contributed by atoms with Gasteiger partial charge in [-0.1, -0.05) is 29.8 Å². The quantitative estimate of drug-likeness (QED) is 0.740. The third kappa shape index (κ3) is 4.46. The molecule has 1 N–H and O–H groups in total. The lowest BCUT2D eigenvalue weighted by Gasteiger charge is -2.14. The molecule has 0 spiro atoms. The van der Waals surface area contributed by atoms with Crippen molar-refractivity contribution in [2.24, 2.45) is 0 Å². The fraction of sp³-hybridized carbons (Fsp3) is 0.500. The van der Waals surface area contributed by atoms with Crippen LogP contribution in [0.25, 0.3) is 0 Å². The number of hydrogen-bond donors (Lipinski definition) is 1. The number of benzene rings is 1. The van der Waals surface area contributed by atoms with Crippen LogP contribution in [0, 0.1) is 18.3 Å². The Morgan fingerprint density at radius 1 is 1.38 bits per heavy atom. The number of unbranched alkanes of at least 4 members (excludes halogenated alkanes) is 2. The van der Waals surface area contributed by atoms with Crippen molar-refractivity contribution in [2.75, 3.05) is 6.54 Å². The van der Waals surface area contributed by atoms with Gasteiger partial charge in [0.1, 0.15) is 0 Å². The highest BCUT2D eigenvalue weighted by Crippen LogP contribution is 2.13. The van der Waals surface area contributed by atoms with Gasteiger partial charge in [-0.2, -0.15) is 5.26 Å². The SMILES string of the molecule is Cc1cccc([C@H](C)NCCCCC#N)c1. The molecule has 0 saturated carbocycles. The molecule has 1 rings (SSSR count). The normalized spacial score (nSPS) is 12.1. The average Bonchev–Trinajstić information content (AvgIpc) is 2.28. The van der Waals surface area contributed by atoms with E-state index in [0.29, 0.717) is 12.5 Å². The van der Waals surface area contributed by atoms with Crippen LogP contribution in [0.1, 0.15) is 43.4 Å². The highest BCUT2D eigenvalue weighted by atomic mass is 14.9. The lowest BCUT2D eigenvalue weighted by Crippen LogP contribution is -2.19. The summed E-state index contributed by atoms with van der Waals surface area (Å²) < 4.78 is 0. The van der Waals surface area contributed by atoms with Gasteiger partial charge in [0, 0.05) is 12.5 Å². The van der Waals surface area contributed by atoms with Crippen molar-refractivity contribution in [3.8, 4) is 6.07 Å². The van der Waals surface area contributed by atoms with Gasteiger partial charge in [0.25, 0.3) is 0 Å². The van der Waals surface area contributed by atoms with Crippen molar-refractivity contribution in [1.82, 2.24) is 5.32 Å². The molecule has 0 aromatic heterocycles. The fourth-order valence-electron chi connectivity index (χ4n) is 1.70. The molecule has 2 nitrogen and oxygen atoms in total. The van der Waals surface area contributed by atoms with Crippen molar-refractivity contribution in [3.05, 3.63) is 35.4 Å². The molecule has 0 unspecified atom stereocenters. The summed E-state index contributed by atoms with van der Waals surface area (Å²) in [6, 6.07) is 11.1. The Labute approximate surface area is 98.3 Å². The topological polar surface area (TPSA) is 35.8 Å². The Hall–Kier alpha value is -1.33. The summed E-state index contributed by atoms with van der Waals surface area (Å²) in [5.74, 6) is 0. The number of nitrogens with zero attached hydrogens (tertiary/aromatic N) is 1. The standard InChI is InChI=1S/C14H20N2/c1-12-7-6-8-14(11-12)13(2)16-10-5-3-4-9-15/h6-8,11,13,16H,3-5,10H2,1-2H3/t13-/m0/s1. The van der Waals surface area contributed by atoms with Gasteiger partial charge in [-0.05, 0) is 38.8 Å². The number of nitriles is 1. The van der Waals surface area contributed by atoms with Crippen LogP contribution in [-0.2, 0) is 0 Å². The summed E-state index contributed by atoms with van der Waals surface area (Å²) in [7, 11) is 0. The Morgan fingerprint density at radius 2 is 2.19 bits per heavy atom. The molecule has 0 radical (unpaired) electrons. The van der Waals surface area contributed by atoms with Crippen LogP contribution in [0.4, 0.5) is 0 Å². The van der Waals surface area contributed by atoms with E-state index in [1.54, 1.807) is 0 Å². The summed E-state index contributed by atoms with van der Waals surface area (Å²) >= 11 is 0. The summed E-state index contributed by atoms with van der Waals surface area (Å²) in [5.41, 5.74) is 2.64. The molecule has 0 amide bonds. The third-order valence-corrected chi connectivity index (χ3v) is 2.71. The molecule has 0 aliphatic rings. The Morgan fingerprint density at radius 3 is 2.88 bits per heavy atom. The first-order valence-electron chi connectivity index (χ1n) is 5.91. The molecular formula is C14H20N2. The van der Waals surface area contributed by atoms with E-state index in [9.17, 15) is 0 Å². The van der Waals surface area contributed by atoms with Gasteiger partial charge in [-0.25, -0.2) is 0 Å². The molecule has 0 fully saturated rings. The van der Waals surface area contributed by atoms with Crippen LogP contribution in [0.3, 0.4) is 0 Å². The maximum absolute atomic E-state index is 8.41. The Kier molecular flexibility index (Phi) is 5.60. The van der Waals surface area contributed by atoms with Gasteiger partial charge < -0.3 is 5.32 Å². The van der Waals surface area contributed by atoms with E-state index in [0.717, 1.165) is 19.4 Å². The van der Waals surface area contributed by atoms with Gasteiger partial charge in [0.2, 0.25) is 0 Å². The van der Waals surface area contributed by atoms with Gasteiger partial charge in [0.15, 0.2) is 0 Å². The minimum Gasteiger partial charge on any atom is -0.310 e. The zero-order valence-corrected chi connectivity index (χ0v) is 10.2. The zero-order chi connectivity index (χ0) is 11.8. The van der Waals surface area contributed by atoms with Crippen LogP contribution in [0.5, 0.6) is 0 Å². The molecule has 1 atom stereocenters. The number of rotatable bonds is 6. The molecule has 2 heteroatoms. The van der Waals surface area contributed by atoms with Crippen molar-refractivity contribution < 1.29 is 0 Å². The predicted molar refractivity (Wildman–Crippen MR) is 67.1 cm³/mol. The molecule has 1 aromatic rings. The Bertz CT molecular complexity index is 352. The molecule has 1 aromatic carbocycles. The zero-order valence-electron chi connectivity index (χ0n) is 10.2. The molecule has 0 bridgehead atoms. The second kappa shape index (κ2) is 7.03. The first-order chi connectivity index (χ1) is 7.74.